The molecule has 0 aromatic heterocycles. The molecule has 6 heteroatoms. The van der Waals surface area contributed by atoms with Gasteiger partial charge in [0, 0.05) is 12.8 Å². The summed E-state index contributed by atoms with van der Waals surface area (Å²) in [5.74, 6) is 0.470. The maximum atomic E-state index is 11.0. The van der Waals surface area contributed by atoms with Gasteiger partial charge in [0.25, 0.3) is 0 Å². The van der Waals surface area contributed by atoms with Gasteiger partial charge in [-0.05, 0) is 63.2 Å². The van der Waals surface area contributed by atoms with Crippen LogP contribution < -0.4 is 0 Å². The van der Waals surface area contributed by atoms with Crippen molar-refractivity contribution in [3.05, 3.63) is 0 Å². The zero-order chi connectivity index (χ0) is 17.4. The van der Waals surface area contributed by atoms with E-state index in [2.05, 4.69) is 0 Å². The molecule has 6 nitrogen and oxygen atoms in total. The number of aliphatic hydroxyl groups excluding tert-OH is 2. The summed E-state index contributed by atoms with van der Waals surface area (Å²) >= 11 is 0. The Morgan fingerprint density at radius 1 is 0.792 bits per heavy atom. The van der Waals surface area contributed by atoms with Crippen molar-refractivity contribution in [1.29, 1.82) is 0 Å². The number of ether oxygens (including phenoxy) is 2. The van der Waals surface area contributed by atoms with E-state index >= 15 is 0 Å². The van der Waals surface area contributed by atoms with Crippen LogP contribution in [0.1, 0.15) is 64.2 Å². The molecule has 0 amide bonds. The lowest BCUT2D eigenvalue weighted by Gasteiger charge is -2.23. The molecule has 2 saturated heterocycles. The number of hydrogen-bond donors (Lipinski definition) is 2. The number of carbonyl (C=O) groups excluding carboxylic acids is 2. The van der Waals surface area contributed by atoms with Gasteiger partial charge in [-0.25, -0.2) is 0 Å². The Balaban J connectivity index is 1.50. The van der Waals surface area contributed by atoms with E-state index in [1.807, 2.05) is 0 Å². The van der Waals surface area contributed by atoms with E-state index in [0.717, 1.165) is 25.7 Å². The monoisotopic (exact) mass is 342 g/mol. The molecule has 24 heavy (non-hydrogen) atoms. The Morgan fingerprint density at radius 2 is 1.21 bits per heavy atom. The molecule has 0 spiro atoms. The van der Waals surface area contributed by atoms with Crippen molar-refractivity contribution in [3.63, 3.8) is 0 Å². The second-order valence-corrected chi connectivity index (χ2v) is 7.22. The number of esters is 2. The summed E-state index contributed by atoms with van der Waals surface area (Å²) < 4.78 is 10.1. The van der Waals surface area contributed by atoms with Crippen LogP contribution in [0.3, 0.4) is 0 Å². The quantitative estimate of drug-likeness (QED) is 0.622. The van der Waals surface area contributed by atoms with Crippen LogP contribution in [0.4, 0.5) is 0 Å². The first kappa shape index (κ1) is 19.2. The van der Waals surface area contributed by atoms with Crippen LogP contribution in [-0.4, -0.2) is 47.6 Å². The highest BCUT2D eigenvalue weighted by Crippen LogP contribution is 2.23. The van der Waals surface area contributed by atoms with Gasteiger partial charge in [0.2, 0.25) is 0 Å². The topological polar surface area (TPSA) is 93.1 Å². The number of aliphatic hydroxyl groups is 2. The molecule has 0 aromatic rings. The lowest BCUT2D eigenvalue weighted by Crippen LogP contribution is -2.24. The van der Waals surface area contributed by atoms with Crippen molar-refractivity contribution in [2.45, 2.75) is 76.4 Å². The Kier molecular flexibility index (Phi) is 7.99. The number of cyclic esters (lactones) is 2. The van der Waals surface area contributed by atoms with Crippen LogP contribution in [0.25, 0.3) is 0 Å². The molecule has 2 rings (SSSR count). The van der Waals surface area contributed by atoms with Crippen LogP contribution in [0.2, 0.25) is 0 Å². The fraction of sp³-hybridized carbons (Fsp3) is 0.889. The molecule has 2 aliphatic rings. The molecule has 2 N–H and O–H groups in total. The van der Waals surface area contributed by atoms with Gasteiger partial charge in [0.05, 0.1) is 25.4 Å². The first-order chi connectivity index (χ1) is 11.5. The van der Waals surface area contributed by atoms with Crippen molar-refractivity contribution in [1.82, 2.24) is 0 Å². The van der Waals surface area contributed by atoms with Gasteiger partial charge in [-0.2, -0.15) is 0 Å². The van der Waals surface area contributed by atoms with Crippen LogP contribution in [0, 0.1) is 11.8 Å². The molecule has 0 radical (unpaired) electrons. The van der Waals surface area contributed by atoms with Crippen LogP contribution in [0.5, 0.6) is 0 Å². The van der Waals surface area contributed by atoms with Crippen LogP contribution >= 0.6 is 0 Å². The van der Waals surface area contributed by atoms with E-state index in [9.17, 15) is 19.8 Å². The number of rotatable bonds is 9. The number of hydrogen-bond acceptors (Lipinski definition) is 6. The predicted molar refractivity (Wildman–Crippen MR) is 87.1 cm³/mol. The van der Waals surface area contributed by atoms with Crippen LogP contribution in [-0.2, 0) is 19.1 Å². The second kappa shape index (κ2) is 9.99. The molecule has 2 heterocycles. The molecule has 138 valence electrons. The molecule has 4 atom stereocenters. The smallest absolute Gasteiger partial charge is 0.305 e. The molecule has 0 aromatic carbocycles. The summed E-state index contributed by atoms with van der Waals surface area (Å²) in [6.45, 7) is 0.945. The highest BCUT2D eigenvalue weighted by Gasteiger charge is 2.22. The van der Waals surface area contributed by atoms with E-state index in [4.69, 9.17) is 9.47 Å². The average Bonchev–Trinajstić information content (AvgIpc) is 2.59. The fourth-order valence-electron chi connectivity index (χ4n) is 3.36. The lowest BCUT2D eigenvalue weighted by molar-refractivity contribution is -0.150. The summed E-state index contributed by atoms with van der Waals surface area (Å²) in [5, 5.41) is 20.1. The minimum Gasteiger partial charge on any atom is -0.465 e. The van der Waals surface area contributed by atoms with Gasteiger partial charge in [0.1, 0.15) is 0 Å². The van der Waals surface area contributed by atoms with Gasteiger partial charge in [0.15, 0.2) is 0 Å². The van der Waals surface area contributed by atoms with Crippen molar-refractivity contribution in [2.75, 3.05) is 13.2 Å². The minimum atomic E-state index is -0.409. The van der Waals surface area contributed by atoms with Crippen molar-refractivity contribution < 1.29 is 29.3 Å². The van der Waals surface area contributed by atoms with Crippen molar-refractivity contribution in [3.8, 4) is 0 Å². The van der Waals surface area contributed by atoms with E-state index in [1.54, 1.807) is 0 Å². The SMILES string of the molecule is O=C1CCC(CCC(O)CCC(O)CCC2CCC(=O)OC2)CO1. The summed E-state index contributed by atoms with van der Waals surface area (Å²) in [5.41, 5.74) is 0. The van der Waals surface area contributed by atoms with Crippen molar-refractivity contribution in [2.24, 2.45) is 11.8 Å². The first-order valence-electron chi connectivity index (χ1n) is 9.20. The third-order valence-electron chi connectivity index (χ3n) is 5.12. The van der Waals surface area contributed by atoms with Gasteiger partial charge >= 0.3 is 11.9 Å². The van der Waals surface area contributed by atoms with Gasteiger partial charge < -0.3 is 19.7 Å². The highest BCUT2D eigenvalue weighted by atomic mass is 16.5. The summed E-state index contributed by atoms with van der Waals surface area (Å²) in [6, 6.07) is 0. The third kappa shape index (κ3) is 7.18. The standard InChI is InChI=1S/C18H30O6/c19-15(5-1-13-3-9-17(21)23-11-13)7-8-16(20)6-2-14-4-10-18(22)24-12-14/h13-16,19-20H,1-12H2. The van der Waals surface area contributed by atoms with Gasteiger partial charge in [-0.1, -0.05) is 0 Å². The van der Waals surface area contributed by atoms with Gasteiger partial charge in [-0.15, -0.1) is 0 Å². The predicted octanol–water partition coefficient (Wildman–Crippen LogP) is 1.96. The summed E-state index contributed by atoms with van der Waals surface area (Å²) in [7, 11) is 0. The zero-order valence-electron chi connectivity index (χ0n) is 14.3. The Bertz CT molecular complexity index is 352. The molecule has 2 aliphatic heterocycles. The maximum absolute atomic E-state index is 11.0. The zero-order valence-corrected chi connectivity index (χ0v) is 14.3. The highest BCUT2D eigenvalue weighted by molar-refractivity contribution is 5.70. The molecule has 0 bridgehead atoms. The van der Waals surface area contributed by atoms with Crippen LogP contribution in [0.15, 0.2) is 0 Å². The third-order valence-corrected chi connectivity index (χ3v) is 5.12. The van der Waals surface area contributed by atoms with E-state index < -0.39 is 12.2 Å². The molecule has 0 aliphatic carbocycles. The van der Waals surface area contributed by atoms with E-state index in [-0.39, 0.29) is 11.9 Å². The molecule has 0 saturated carbocycles. The number of carbonyl (C=O) groups is 2. The summed E-state index contributed by atoms with van der Waals surface area (Å²) in [6.07, 6.45) is 6.12. The Hall–Kier alpha value is -1.14. The Labute approximate surface area is 143 Å². The van der Waals surface area contributed by atoms with E-state index in [1.165, 1.54) is 0 Å². The van der Waals surface area contributed by atoms with E-state index in [0.29, 0.717) is 63.6 Å². The largest absolute Gasteiger partial charge is 0.465 e. The Morgan fingerprint density at radius 3 is 1.54 bits per heavy atom. The van der Waals surface area contributed by atoms with Gasteiger partial charge in [-0.3, -0.25) is 9.59 Å². The average molecular weight is 342 g/mol. The lowest BCUT2D eigenvalue weighted by atomic mass is 9.92. The fourth-order valence-corrected chi connectivity index (χ4v) is 3.36. The molecular weight excluding hydrogens is 312 g/mol. The normalized spacial score (nSPS) is 27.2. The first-order valence-corrected chi connectivity index (χ1v) is 9.20. The molecule has 4 unspecified atom stereocenters. The molecular formula is C18H30O6. The second-order valence-electron chi connectivity index (χ2n) is 7.22. The van der Waals surface area contributed by atoms with Crippen molar-refractivity contribution >= 4 is 11.9 Å². The molecule has 2 fully saturated rings. The minimum absolute atomic E-state index is 0.123. The maximum Gasteiger partial charge on any atom is 0.305 e. The summed E-state index contributed by atoms with van der Waals surface area (Å²) in [4.78, 5) is 22.0.